The fourth-order valence-corrected chi connectivity index (χ4v) is 1.94. The van der Waals surface area contributed by atoms with E-state index in [0.29, 0.717) is 0 Å². The molecule has 1 saturated carbocycles. The van der Waals surface area contributed by atoms with Crippen molar-refractivity contribution in [2.45, 2.75) is 33.8 Å². The van der Waals surface area contributed by atoms with Crippen molar-refractivity contribution >= 4 is 11.9 Å². The van der Waals surface area contributed by atoms with Gasteiger partial charge in [0.05, 0.1) is 7.11 Å². The molecule has 0 aromatic heterocycles. The van der Waals surface area contributed by atoms with Crippen molar-refractivity contribution in [1.82, 2.24) is 0 Å². The number of methoxy groups -OCH3 is 1. The molecule has 14 heavy (non-hydrogen) atoms. The van der Waals surface area contributed by atoms with Crippen molar-refractivity contribution < 1.29 is 19.1 Å². The van der Waals surface area contributed by atoms with E-state index in [4.69, 9.17) is 9.47 Å². The third kappa shape index (κ3) is 1.21. The highest BCUT2D eigenvalue weighted by atomic mass is 16.6. The lowest BCUT2D eigenvalue weighted by Gasteiger charge is -2.09. The van der Waals surface area contributed by atoms with Crippen LogP contribution in [0.25, 0.3) is 0 Å². The van der Waals surface area contributed by atoms with Crippen LogP contribution in [0.5, 0.6) is 0 Å². The van der Waals surface area contributed by atoms with Crippen molar-refractivity contribution in [3.8, 4) is 0 Å². The zero-order valence-corrected chi connectivity index (χ0v) is 9.21. The standard InChI is InChI=1S/C10H16O4/c1-6(11)14-7-9(2,3)10(7,4)8(12)13-5/h7H,1-5H3. The van der Waals surface area contributed by atoms with Gasteiger partial charge in [-0.3, -0.25) is 9.59 Å². The van der Waals surface area contributed by atoms with Crippen LogP contribution in [0.15, 0.2) is 0 Å². The predicted molar refractivity (Wildman–Crippen MR) is 49.5 cm³/mol. The molecule has 2 atom stereocenters. The van der Waals surface area contributed by atoms with Crippen molar-refractivity contribution in [3.63, 3.8) is 0 Å². The largest absolute Gasteiger partial charge is 0.468 e. The van der Waals surface area contributed by atoms with E-state index in [1.165, 1.54) is 14.0 Å². The van der Waals surface area contributed by atoms with Crippen LogP contribution in [0.3, 0.4) is 0 Å². The average molecular weight is 200 g/mol. The van der Waals surface area contributed by atoms with Crippen molar-refractivity contribution in [2.75, 3.05) is 7.11 Å². The Morgan fingerprint density at radius 1 is 1.21 bits per heavy atom. The molecular weight excluding hydrogens is 184 g/mol. The minimum atomic E-state index is -0.701. The smallest absolute Gasteiger partial charge is 0.316 e. The molecule has 1 fully saturated rings. The van der Waals surface area contributed by atoms with Crippen LogP contribution < -0.4 is 0 Å². The fourth-order valence-electron chi connectivity index (χ4n) is 1.94. The van der Waals surface area contributed by atoms with E-state index in [0.717, 1.165) is 0 Å². The van der Waals surface area contributed by atoms with Gasteiger partial charge in [-0.15, -0.1) is 0 Å². The van der Waals surface area contributed by atoms with Gasteiger partial charge >= 0.3 is 11.9 Å². The van der Waals surface area contributed by atoms with Crippen LogP contribution in [-0.2, 0) is 19.1 Å². The maximum Gasteiger partial charge on any atom is 0.316 e. The summed E-state index contributed by atoms with van der Waals surface area (Å²) in [6.07, 6.45) is -0.375. The predicted octanol–water partition coefficient (Wildman–Crippen LogP) is 1.14. The lowest BCUT2D eigenvalue weighted by molar-refractivity contribution is -0.151. The SMILES string of the molecule is COC(=O)C1(C)C(OC(C)=O)C1(C)C. The lowest BCUT2D eigenvalue weighted by Crippen LogP contribution is -2.21. The molecule has 0 spiro atoms. The van der Waals surface area contributed by atoms with Gasteiger partial charge in [-0.2, -0.15) is 0 Å². The van der Waals surface area contributed by atoms with Crippen LogP contribution in [0.1, 0.15) is 27.7 Å². The Hall–Kier alpha value is -1.06. The minimum absolute atomic E-state index is 0.325. The Kier molecular flexibility index (Phi) is 2.34. The van der Waals surface area contributed by atoms with E-state index < -0.39 is 5.41 Å². The van der Waals surface area contributed by atoms with Crippen LogP contribution in [0, 0.1) is 10.8 Å². The summed E-state index contributed by atoms with van der Waals surface area (Å²) >= 11 is 0. The van der Waals surface area contributed by atoms with Gasteiger partial charge in [0.2, 0.25) is 0 Å². The molecule has 1 aliphatic carbocycles. The third-order valence-electron chi connectivity index (χ3n) is 3.33. The number of hydrogen-bond donors (Lipinski definition) is 0. The number of ether oxygens (including phenoxy) is 2. The molecule has 0 heterocycles. The number of esters is 2. The molecule has 1 aliphatic rings. The molecule has 0 bridgehead atoms. The molecule has 0 aromatic carbocycles. The molecule has 0 radical (unpaired) electrons. The highest BCUT2D eigenvalue weighted by Gasteiger charge is 2.76. The molecular formula is C10H16O4. The van der Waals surface area contributed by atoms with E-state index in [1.54, 1.807) is 6.92 Å². The van der Waals surface area contributed by atoms with Gasteiger partial charge in [0, 0.05) is 12.3 Å². The van der Waals surface area contributed by atoms with Gasteiger partial charge in [0.15, 0.2) is 0 Å². The molecule has 0 N–H and O–H groups in total. The van der Waals surface area contributed by atoms with Crippen LogP contribution in [0.2, 0.25) is 0 Å². The van der Waals surface area contributed by atoms with Crippen LogP contribution >= 0.6 is 0 Å². The maximum absolute atomic E-state index is 11.5. The Morgan fingerprint density at radius 3 is 2.07 bits per heavy atom. The maximum atomic E-state index is 11.5. The van der Waals surface area contributed by atoms with E-state index in [1.807, 2.05) is 13.8 Å². The first-order valence-electron chi connectivity index (χ1n) is 4.54. The quantitative estimate of drug-likeness (QED) is 0.627. The summed E-state index contributed by atoms with van der Waals surface area (Å²) < 4.78 is 9.77. The third-order valence-corrected chi connectivity index (χ3v) is 3.33. The first-order chi connectivity index (χ1) is 6.28. The van der Waals surface area contributed by atoms with E-state index in [9.17, 15) is 9.59 Å². The average Bonchev–Trinajstić information content (AvgIpc) is 2.49. The molecule has 0 aromatic rings. The Morgan fingerprint density at radius 2 is 1.71 bits per heavy atom. The van der Waals surface area contributed by atoms with E-state index in [2.05, 4.69) is 0 Å². The first-order valence-corrected chi connectivity index (χ1v) is 4.54. The second-order valence-corrected chi connectivity index (χ2v) is 4.41. The highest BCUT2D eigenvalue weighted by Crippen LogP contribution is 2.65. The van der Waals surface area contributed by atoms with Gasteiger partial charge in [-0.05, 0) is 6.92 Å². The molecule has 0 amide bonds. The summed E-state index contributed by atoms with van der Waals surface area (Å²) in [5.41, 5.74) is -1.04. The highest BCUT2D eigenvalue weighted by molar-refractivity contribution is 5.84. The van der Waals surface area contributed by atoms with Crippen molar-refractivity contribution in [2.24, 2.45) is 10.8 Å². The van der Waals surface area contributed by atoms with Crippen LogP contribution in [0.4, 0.5) is 0 Å². The van der Waals surface area contributed by atoms with Gasteiger partial charge in [0.1, 0.15) is 11.5 Å². The molecule has 0 aliphatic heterocycles. The van der Waals surface area contributed by atoms with Gasteiger partial charge < -0.3 is 9.47 Å². The van der Waals surface area contributed by atoms with Crippen molar-refractivity contribution in [1.29, 1.82) is 0 Å². The second kappa shape index (κ2) is 2.97. The molecule has 4 nitrogen and oxygen atoms in total. The summed E-state index contributed by atoms with van der Waals surface area (Å²) in [5.74, 6) is -0.690. The molecule has 0 saturated heterocycles. The van der Waals surface area contributed by atoms with Gasteiger partial charge in [-0.25, -0.2) is 0 Å². The molecule has 4 heteroatoms. The van der Waals surface area contributed by atoms with Gasteiger partial charge in [-0.1, -0.05) is 13.8 Å². The monoisotopic (exact) mass is 200 g/mol. The zero-order chi connectivity index (χ0) is 11.1. The zero-order valence-electron chi connectivity index (χ0n) is 9.21. The fraction of sp³-hybridized carbons (Fsp3) is 0.800. The number of rotatable bonds is 2. The van der Waals surface area contributed by atoms with E-state index in [-0.39, 0.29) is 23.5 Å². The summed E-state index contributed by atoms with van der Waals surface area (Å²) in [6.45, 7) is 6.87. The molecule has 80 valence electrons. The molecule has 2 unspecified atom stereocenters. The summed E-state index contributed by atoms with van der Waals surface area (Å²) in [7, 11) is 1.34. The summed E-state index contributed by atoms with van der Waals surface area (Å²) in [5, 5.41) is 0. The second-order valence-electron chi connectivity index (χ2n) is 4.41. The topological polar surface area (TPSA) is 52.6 Å². The van der Waals surface area contributed by atoms with Gasteiger partial charge in [0.25, 0.3) is 0 Å². The Balaban J connectivity index is 2.83. The van der Waals surface area contributed by atoms with Crippen molar-refractivity contribution in [3.05, 3.63) is 0 Å². The number of carbonyl (C=O) groups is 2. The van der Waals surface area contributed by atoms with E-state index >= 15 is 0 Å². The lowest BCUT2D eigenvalue weighted by atomic mass is 9.99. The summed E-state index contributed by atoms with van der Waals surface area (Å²) in [6, 6.07) is 0. The minimum Gasteiger partial charge on any atom is -0.468 e. The first kappa shape index (κ1) is 11.0. The Bertz CT molecular complexity index is 282. The number of hydrogen-bond acceptors (Lipinski definition) is 4. The number of carbonyl (C=O) groups excluding carboxylic acids is 2. The van der Waals surface area contributed by atoms with Crippen LogP contribution in [-0.4, -0.2) is 25.2 Å². The summed E-state index contributed by atoms with van der Waals surface area (Å²) in [4.78, 5) is 22.3. The molecule has 1 rings (SSSR count). The Labute approximate surface area is 83.6 Å². The normalized spacial score (nSPS) is 33.4.